The van der Waals surface area contributed by atoms with Gasteiger partial charge in [0.15, 0.2) is 0 Å². The largest absolute Gasteiger partial charge is 0.389 e. The zero-order valence-corrected chi connectivity index (χ0v) is 6.50. The second-order valence-corrected chi connectivity index (χ2v) is 3.04. The lowest BCUT2D eigenvalue weighted by atomic mass is 9.95. The molecule has 10 heavy (non-hydrogen) atoms. The summed E-state index contributed by atoms with van der Waals surface area (Å²) in [7, 11) is 0. The average molecular weight is 154 g/mol. The molecule has 1 unspecified atom stereocenters. The molecule has 0 spiro atoms. The zero-order chi connectivity index (χ0) is 8.36. The van der Waals surface area contributed by atoms with Crippen LogP contribution in [-0.4, -0.2) is 6.18 Å². The van der Waals surface area contributed by atoms with Crippen molar-refractivity contribution in [2.24, 2.45) is 11.8 Å². The molecule has 0 aromatic heterocycles. The van der Waals surface area contributed by atoms with Gasteiger partial charge in [0.25, 0.3) is 0 Å². The van der Waals surface area contributed by atoms with Crippen LogP contribution in [0.25, 0.3) is 0 Å². The fourth-order valence-corrected chi connectivity index (χ4v) is 0.601. The van der Waals surface area contributed by atoms with Crippen LogP contribution < -0.4 is 0 Å². The lowest BCUT2D eigenvalue weighted by Gasteiger charge is -2.16. The van der Waals surface area contributed by atoms with E-state index < -0.39 is 12.6 Å². The highest BCUT2D eigenvalue weighted by atomic mass is 19.4. The molecule has 0 aliphatic heterocycles. The van der Waals surface area contributed by atoms with Gasteiger partial charge < -0.3 is 0 Å². The molecule has 0 aromatic rings. The molecule has 62 valence electrons. The molecule has 1 atom stereocenters. The Kier molecular flexibility index (Phi) is 3.19. The maximum absolute atomic E-state index is 11.7. The lowest BCUT2D eigenvalue weighted by Crippen LogP contribution is -2.16. The maximum Gasteiger partial charge on any atom is 0.389 e. The molecule has 3 heteroatoms. The molecule has 0 aliphatic carbocycles. The first kappa shape index (κ1) is 9.79. The van der Waals surface area contributed by atoms with Crippen LogP contribution in [0, 0.1) is 11.8 Å². The molecule has 0 amide bonds. The van der Waals surface area contributed by atoms with Crippen LogP contribution in [-0.2, 0) is 0 Å². The van der Waals surface area contributed by atoms with Crippen LogP contribution in [0.15, 0.2) is 0 Å². The summed E-state index contributed by atoms with van der Waals surface area (Å²) >= 11 is 0. The Bertz CT molecular complexity index is 93.5. The second kappa shape index (κ2) is 3.26. The first-order valence-corrected chi connectivity index (χ1v) is 3.39. The monoisotopic (exact) mass is 154 g/mol. The minimum atomic E-state index is -4.00. The van der Waals surface area contributed by atoms with E-state index >= 15 is 0 Å². The van der Waals surface area contributed by atoms with E-state index in [9.17, 15) is 13.2 Å². The van der Waals surface area contributed by atoms with Crippen molar-refractivity contribution in [3.05, 3.63) is 0 Å². The van der Waals surface area contributed by atoms with Gasteiger partial charge in [-0.2, -0.15) is 13.2 Å². The Labute approximate surface area is 59.4 Å². The van der Waals surface area contributed by atoms with Gasteiger partial charge >= 0.3 is 6.18 Å². The summed E-state index contributed by atoms with van der Waals surface area (Å²) in [6.45, 7) is 5.23. The van der Waals surface area contributed by atoms with E-state index in [1.54, 1.807) is 20.8 Å². The zero-order valence-electron chi connectivity index (χ0n) is 6.50. The van der Waals surface area contributed by atoms with Gasteiger partial charge in [-0.05, 0) is 11.8 Å². The summed E-state index contributed by atoms with van der Waals surface area (Å²) in [6, 6.07) is 0. The van der Waals surface area contributed by atoms with E-state index in [4.69, 9.17) is 0 Å². The van der Waals surface area contributed by atoms with E-state index in [0.717, 1.165) is 0 Å². The van der Waals surface area contributed by atoms with Gasteiger partial charge in [0.05, 0.1) is 0 Å². The third kappa shape index (κ3) is 4.65. The van der Waals surface area contributed by atoms with Crippen molar-refractivity contribution in [2.45, 2.75) is 33.4 Å². The van der Waals surface area contributed by atoms with Gasteiger partial charge in [-0.3, -0.25) is 0 Å². The number of hydrogen-bond acceptors (Lipinski definition) is 0. The maximum atomic E-state index is 11.7. The fourth-order valence-electron chi connectivity index (χ4n) is 0.601. The SMILES string of the molecule is CC(C)C(C)CC(F)(F)F. The molecule has 0 heterocycles. The van der Waals surface area contributed by atoms with E-state index in [-0.39, 0.29) is 11.8 Å². The van der Waals surface area contributed by atoms with Crippen LogP contribution >= 0.6 is 0 Å². The highest BCUT2D eigenvalue weighted by molar-refractivity contribution is 4.61. The molecule has 0 aliphatic rings. The van der Waals surface area contributed by atoms with Gasteiger partial charge in [-0.15, -0.1) is 0 Å². The Hall–Kier alpha value is -0.210. The molecule has 0 fully saturated rings. The minimum Gasteiger partial charge on any atom is -0.171 e. The predicted octanol–water partition coefficient (Wildman–Crippen LogP) is 3.23. The first-order valence-electron chi connectivity index (χ1n) is 3.39. The van der Waals surface area contributed by atoms with Gasteiger partial charge in [-0.1, -0.05) is 20.8 Å². The Morgan fingerprint density at radius 1 is 1.10 bits per heavy atom. The number of hydrogen-bond donors (Lipinski definition) is 0. The summed E-state index contributed by atoms with van der Waals surface area (Å²) < 4.78 is 35.0. The van der Waals surface area contributed by atoms with Crippen LogP contribution in [0.4, 0.5) is 13.2 Å². The summed E-state index contributed by atoms with van der Waals surface area (Å²) in [4.78, 5) is 0. The number of alkyl halides is 3. The van der Waals surface area contributed by atoms with Crippen molar-refractivity contribution < 1.29 is 13.2 Å². The first-order chi connectivity index (χ1) is 4.33. The molecule has 0 saturated heterocycles. The van der Waals surface area contributed by atoms with Crippen molar-refractivity contribution in [3.8, 4) is 0 Å². The molecule has 0 radical (unpaired) electrons. The third-order valence-corrected chi connectivity index (χ3v) is 1.69. The van der Waals surface area contributed by atoms with E-state index in [1.807, 2.05) is 0 Å². The summed E-state index contributed by atoms with van der Waals surface area (Å²) in [6.07, 6.45) is -4.66. The topological polar surface area (TPSA) is 0 Å². The van der Waals surface area contributed by atoms with Gasteiger partial charge in [0, 0.05) is 6.42 Å². The molecule has 0 N–H and O–H groups in total. The fraction of sp³-hybridized carbons (Fsp3) is 1.00. The van der Waals surface area contributed by atoms with E-state index in [1.165, 1.54) is 0 Å². The molecular weight excluding hydrogens is 141 g/mol. The van der Waals surface area contributed by atoms with Crippen LogP contribution in [0.1, 0.15) is 27.2 Å². The van der Waals surface area contributed by atoms with Crippen molar-refractivity contribution in [3.63, 3.8) is 0 Å². The van der Waals surface area contributed by atoms with Crippen LogP contribution in [0.2, 0.25) is 0 Å². The van der Waals surface area contributed by atoms with Crippen molar-refractivity contribution in [1.29, 1.82) is 0 Å². The number of rotatable bonds is 2. The van der Waals surface area contributed by atoms with Crippen LogP contribution in [0.3, 0.4) is 0 Å². The molecule has 0 aromatic carbocycles. The molecule has 0 rings (SSSR count). The Balaban J connectivity index is 3.68. The number of halogens is 3. The van der Waals surface area contributed by atoms with Gasteiger partial charge in [-0.25, -0.2) is 0 Å². The molecule has 0 saturated carbocycles. The predicted molar refractivity (Wildman–Crippen MR) is 34.7 cm³/mol. The van der Waals surface area contributed by atoms with Crippen molar-refractivity contribution in [1.82, 2.24) is 0 Å². The minimum absolute atomic E-state index is 0.113. The van der Waals surface area contributed by atoms with Gasteiger partial charge in [0.2, 0.25) is 0 Å². The van der Waals surface area contributed by atoms with E-state index in [0.29, 0.717) is 0 Å². The molecule has 0 bridgehead atoms. The standard InChI is InChI=1S/C7H13F3/c1-5(2)6(3)4-7(8,9)10/h5-6H,4H2,1-3H3. The Morgan fingerprint density at radius 2 is 1.50 bits per heavy atom. The third-order valence-electron chi connectivity index (χ3n) is 1.69. The van der Waals surface area contributed by atoms with Gasteiger partial charge in [0.1, 0.15) is 0 Å². The average Bonchev–Trinajstić information content (AvgIpc) is 1.60. The normalized spacial score (nSPS) is 15.9. The molecular formula is C7H13F3. The summed E-state index contributed by atoms with van der Waals surface area (Å²) in [5.74, 6) is -0.151. The van der Waals surface area contributed by atoms with E-state index in [2.05, 4.69) is 0 Å². The summed E-state index contributed by atoms with van der Waals surface area (Å²) in [5.41, 5.74) is 0. The lowest BCUT2D eigenvalue weighted by molar-refractivity contribution is -0.146. The summed E-state index contributed by atoms with van der Waals surface area (Å²) in [5, 5.41) is 0. The molecule has 0 nitrogen and oxygen atoms in total. The smallest absolute Gasteiger partial charge is 0.171 e. The quantitative estimate of drug-likeness (QED) is 0.572. The Morgan fingerprint density at radius 3 is 1.60 bits per heavy atom. The highest BCUT2D eigenvalue weighted by Gasteiger charge is 2.30. The van der Waals surface area contributed by atoms with Crippen molar-refractivity contribution in [2.75, 3.05) is 0 Å². The second-order valence-electron chi connectivity index (χ2n) is 3.04. The highest BCUT2D eigenvalue weighted by Crippen LogP contribution is 2.28. The van der Waals surface area contributed by atoms with Crippen LogP contribution in [0.5, 0.6) is 0 Å². The van der Waals surface area contributed by atoms with Crippen molar-refractivity contribution >= 4 is 0 Å².